The molecule has 0 spiro atoms. The lowest BCUT2D eigenvalue weighted by atomic mass is 10.00. The molecule has 0 heterocycles. The first-order valence-electron chi connectivity index (χ1n) is 8.63. The molecule has 0 radical (unpaired) electrons. The van der Waals surface area contributed by atoms with Gasteiger partial charge in [-0.05, 0) is 59.0 Å². The third kappa shape index (κ3) is 3.45. The zero-order chi connectivity index (χ0) is 20.4. The number of allylic oxidation sites excluding steroid dienone is 2. The van der Waals surface area contributed by atoms with Crippen LogP contribution in [0.5, 0.6) is 17.2 Å². The molecule has 0 amide bonds. The Morgan fingerprint density at radius 3 is 2.25 bits per heavy atom. The van der Waals surface area contributed by atoms with Gasteiger partial charge < -0.3 is 19.3 Å². The predicted molar refractivity (Wildman–Crippen MR) is 105 cm³/mol. The monoisotopic (exact) mass is 384 g/mol. The number of aliphatic carboxylic acids is 1. The lowest BCUT2D eigenvalue weighted by Crippen LogP contribution is -1.97. The summed E-state index contributed by atoms with van der Waals surface area (Å²) in [6.45, 7) is 1.84. The number of benzene rings is 2. The second-order valence-corrected chi connectivity index (χ2v) is 6.37. The highest BCUT2D eigenvalue weighted by Crippen LogP contribution is 2.45. The molecule has 0 aromatic heterocycles. The first-order chi connectivity index (χ1) is 13.4. The van der Waals surface area contributed by atoms with Gasteiger partial charge in [-0.3, -0.25) is 4.79 Å². The fraction of sp³-hybridized carbons (Fsp3) is 0.227. The zero-order valence-corrected chi connectivity index (χ0v) is 16.1. The molecule has 0 atom stereocenters. The summed E-state index contributed by atoms with van der Waals surface area (Å²) in [5.41, 5.74) is 4.34. The number of rotatable bonds is 6. The molecule has 146 valence electrons. The van der Waals surface area contributed by atoms with Gasteiger partial charge in [0.15, 0.2) is 11.5 Å². The molecule has 1 aliphatic rings. The SMILES string of the molecule is COc1cc(OC)c(OC)cc1/C=C1\C(C)=C(CC(=O)O)c2cc(F)ccc21. The molecule has 0 saturated heterocycles. The number of halogens is 1. The topological polar surface area (TPSA) is 65.0 Å². The second-order valence-electron chi connectivity index (χ2n) is 6.37. The Morgan fingerprint density at radius 2 is 1.64 bits per heavy atom. The molecule has 0 fully saturated rings. The van der Waals surface area contributed by atoms with Crippen molar-refractivity contribution in [2.24, 2.45) is 0 Å². The quantitative estimate of drug-likeness (QED) is 0.785. The van der Waals surface area contributed by atoms with Crippen LogP contribution in [0.2, 0.25) is 0 Å². The van der Waals surface area contributed by atoms with Gasteiger partial charge in [0.05, 0.1) is 27.8 Å². The molecule has 1 N–H and O–H groups in total. The third-order valence-corrected chi connectivity index (χ3v) is 4.82. The summed E-state index contributed by atoms with van der Waals surface area (Å²) in [5.74, 6) is 0.288. The summed E-state index contributed by atoms with van der Waals surface area (Å²) in [4.78, 5) is 11.3. The predicted octanol–water partition coefficient (Wildman–Crippen LogP) is 4.65. The van der Waals surface area contributed by atoms with Crippen LogP contribution < -0.4 is 14.2 Å². The summed E-state index contributed by atoms with van der Waals surface area (Å²) < 4.78 is 30.0. The summed E-state index contributed by atoms with van der Waals surface area (Å²) in [7, 11) is 4.65. The standard InChI is InChI=1S/C22H21FO5/c1-12-16(7-13-8-20(27-3)21(28-4)11-19(13)26-2)15-6-5-14(23)9-18(15)17(12)10-22(24)25/h5-9,11H,10H2,1-4H3,(H,24,25)/b16-7+. The van der Waals surface area contributed by atoms with E-state index < -0.39 is 11.8 Å². The van der Waals surface area contributed by atoms with E-state index >= 15 is 0 Å². The van der Waals surface area contributed by atoms with Crippen molar-refractivity contribution in [3.05, 3.63) is 58.4 Å². The Hall–Kier alpha value is -3.28. The fourth-order valence-corrected chi connectivity index (χ4v) is 3.45. The summed E-state index contributed by atoms with van der Waals surface area (Å²) in [6.07, 6.45) is 1.71. The Morgan fingerprint density at radius 1 is 1.00 bits per heavy atom. The van der Waals surface area contributed by atoms with E-state index in [4.69, 9.17) is 14.2 Å². The smallest absolute Gasteiger partial charge is 0.307 e. The van der Waals surface area contributed by atoms with E-state index in [9.17, 15) is 14.3 Å². The molecule has 6 heteroatoms. The van der Waals surface area contributed by atoms with Crippen LogP contribution >= 0.6 is 0 Å². The highest BCUT2D eigenvalue weighted by molar-refractivity contribution is 6.07. The maximum absolute atomic E-state index is 13.8. The first-order valence-corrected chi connectivity index (χ1v) is 8.63. The number of carboxylic acid groups (broad SMARTS) is 1. The number of fused-ring (bicyclic) bond motifs is 1. The van der Waals surface area contributed by atoms with Crippen molar-refractivity contribution in [3.8, 4) is 17.2 Å². The number of carboxylic acids is 1. The Bertz CT molecular complexity index is 1000. The Labute approximate surface area is 162 Å². The van der Waals surface area contributed by atoms with Crippen LogP contribution in [0.15, 0.2) is 35.9 Å². The Kier molecular flexibility index (Phi) is 5.40. The number of hydrogen-bond donors (Lipinski definition) is 1. The molecule has 1 aliphatic carbocycles. The Balaban J connectivity index is 2.22. The van der Waals surface area contributed by atoms with Crippen LogP contribution in [0, 0.1) is 5.82 Å². The van der Waals surface area contributed by atoms with Gasteiger partial charge in [-0.25, -0.2) is 4.39 Å². The largest absolute Gasteiger partial charge is 0.496 e. The van der Waals surface area contributed by atoms with Gasteiger partial charge in [-0.1, -0.05) is 6.07 Å². The van der Waals surface area contributed by atoms with Crippen molar-refractivity contribution in [2.45, 2.75) is 13.3 Å². The minimum atomic E-state index is -0.963. The average molecular weight is 384 g/mol. The molecule has 2 aromatic rings. The van der Waals surface area contributed by atoms with E-state index in [0.717, 1.165) is 22.3 Å². The third-order valence-electron chi connectivity index (χ3n) is 4.82. The van der Waals surface area contributed by atoms with E-state index in [1.54, 1.807) is 39.5 Å². The molecule has 0 saturated carbocycles. The van der Waals surface area contributed by atoms with E-state index in [1.165, 1.54) is 12.1 Å². The van der Waals surface area contributed by atoms with Gasteiger partial charge in [0.1, 0.15) is 11.6 Å². The first kappa shape index (κ1) is 19.5. The van der Waals surface area contributed by atoms with Crippen LogP contribution in [-0.4, -0.2) is 32.4 Å². The van der Waals surface area contributed by atoms with Gasteiger partial charge in [0.2, 0.25) is 0 Å². The number of carbonyl (C=O) groups is 1. The van der Waals surface area contributed by atoms with Crippen LogP contribution in [0.4, 0.5) is 4.39 Å². The number of ether oxygens (including phenoxy) is 3. The molecule has 5 nitrogen and oxygen atoms in total. The van der Waals surface area contributed by atoms with Crippen LogP contribution in [-0.2, 0) is 4.79 Å². The molecule has 0 aliphatic heterocycles. The minimum absolute atomic E-state index is 0.178. The summed E-state index contributed by atoms with van der Waals surface area (Å²) >= 11 is 0. The molecule has 3 rings (SSSR count). The van der Waals surface area contributed by atoms with Gasteiger partial charge in [0, 0.05) is 11.6 Å². The van der Waals surface area contributed by atoms with Crippen molar-refractivity contribution < 1.29 is 28.5 Å². The van der Waals surface area contributed by atoms with Gasteiger partial charge >= 0.3 is 5.97 Å². The van der Waals surface area contributed by atoms with Crippen molar-refractivity contribution >= 4 is 23.2 Å². The lowest BCUT2D eigenvalue weighted by Gasteiger charge is -2.13. The van der Waals surface area contributed by atoms with Gasteiger partial charge in [-0.15, -0.1) is 0 Å². The van der Waals surface area contributed by atoms with Crippen molar-refractivity contribution in [1.82, 2.24) is 0 Å². The number of hydrogen-bond acceptors (Lipinski definition) is 4. The van der Waals surface area contributed by atoms with Crippen molar-refractivity contribution in [3.63, 3.8) is 0 Å². The second kappa shape index (κ2) is 7.76. The minimum Gasteiger partial charge on any atom is -0.496 e. The zero-order valence-electron chi connectivity index (χ0n) is 16.1. The van der Waals surface area contributed by atoms with E-state index in [2.05, 4.69) is 0 Å². The summed E-state index contributed by atoms with van der Waals surface area (Å²) in [6, 6.07) is 7.93. The van der Waals surface area contributed by atoms with E-state index in [1.807, 2.05) is 13.0 Å². The lowest BCUT2D eigenvalue weighted by molar-refractivity contribution is -0.135. The molecule has 2 aromatic carbocycles. The fourth-order valence-electron chi connectivity index (χ4n) is 3.45. The molecular formula is C22H21FO5. The van der Waals surface area contributed by atoms with Crippen LogP contribution in [0.25, 0.3) is 17.2 Å². The molecule has 0 unspecified atom stereocenters. The normalized spacial score (nSPS) is 14.2. The average Bonchev–Trinajstić information content (AvgIpc) is 2.92. The summed E-state index contributed by atoms with van der Waals surface area (Å²) in [5, 5.41) is 9.27. The maximum atomic E-state index is 13.8. The van der Waals surface area contributed by atoms with Gasteiger partial charge in [0.25, 0.3) is 0 Å². The van der Waals surface area contributed by atoms with E-state index in [0.29, 0.717) is 28.4 Å². The van der Waals surface area contributed by atoms with Crippen LogP contribution in [0.1, 0.15) is 30.0 Å². The highest BCUT2D eigenvalue weighted by atomic mass is 19.1. The van der Waals surface area contributed by atoms with Gasteiger partial charge in [-0.2, -0.15) is 0 Å². The van der Waals surface area contributed by atoms with E-state index in [-0.39, 0.29) is 6.42 Å². The number of methoxy groups -OCH3 is 3. The van der Waals surface area contributed by atoms with Crippen LogP contribution in [0.3, 0.4) is 0 Å². The van der Waals surface area contributed by atoms with Crippen molar-refractivity contribution in [2.75, 3.05) is 21.3 Å². The van der Waals surface area contributed by atoms with Crippen molar-refractivity contribution in [1.29, 1.82) is 0 Å². The maximum Gasteiger partial charge on any atom is 0.307 e. The molecule has 0 bridgehead atoms. The highest BCUT2D eigenvalue weighted by Gasteiger charge is 2.26. The molecular weight excluding hydrogens is 363 g/mol. The molecule has 28 heavy (non-hydrogen) atoms.